The minimum Gasteiger partial charge on any atom is -0.493 e. The van der Waals surface area contributed by atoms with Crippen LogP contribution in [0.3, 0.4) is 0 Å². The number of nitrogens with one attached hydrogen (secondary N) is 1. The molecule has 0 bridgehead atoms. The number of para-hydroxylation sites is 1. The van der Waals surface area contributed by atoms with Crippen LogP contribution in [0, 0.1) is 5.92 Å². The van der Waals surface area contributed by atoms with Gasteiger partial charge in [-0.2, -0.15) is 0 Å². The van der Waals surface area contributed by atoms with E-state index in [1.165, 1.54) is 5.56 Å². The molecule has 0 fully saturated rings. The number of hydrogen-bond donors (Lipinski definition) is 1. The third-order valence-corrected chi connectivity index (χ3v) is 3.74. The lowest BCUT2D eigenvalue weighted by Gasteiger charge is -2.31. The Hall–Kier alpha value is -1.55. The zero-order valence-electron chi connectivity index (χ0n) is 9.59. The van der Waals surface area contributed by atoms with Gasteiger partial charge in [-0.05, 0) is 6.07 Å². The lowest BCUT2D eigenvalue weighted by Crippen LogP contribution is -2.28. The van der Waals surface area contributed by atoms with Gasteiger partial charge in [0.15, 0.2) is 5.13 Å². The van der Waals surface area contributed by atoms with Crippen LogP contribution in [-0.2, 0) is 0 Å². The fourth-order valence-corrected chi connectivity index (χ4v) is 2.71. The molecule has 1 N–H and O–H groups in total. The van der Waals surface area contributed by atoms with Crippen LogP contribution in [0.1, 0.15) is 18.5 Å². The number of hydrogen-bond acceptors (Lipinski definition) is 4. The fourth-order valence-electron chi connectivity index (χ4n) is 2.14. The van der Waals surface area contributed by atoms with E-state index in [9.17, 15) is 0 Å². The minimum atomic E-state index is 0.283. The number of benzene rings is 1. The molecular weight excluding hydrogens is 232 g/mol. The molecule has 88 valence electrons. The highest BCUT2D eigenvalue weighted by Crippen LogP contribution is 2.37. The van der Waals surface area contributed by atoms with Gasteiger partial charge in [0.2, 0.25) is 0 Å². The van der Waals surface area contributed by atoms with Gasteiger partial charge in [0, 0.05) is 23.1 Å². The summed E-state index contributed by atoms with van der Waals surface area (Å²) < 4.78 is 5.73. The van der Waals surface area contributed by atoms with Gasteiger partial charge in [0.1, 0.15) is 5.75 Å². The third-order valence-electron chi connectivity index (χ3n) is 3.04. The highest BCUT2D eigenvalue weighted by Gasteiger charge is 2.27. The highest BCUT2D eigenvalue weighted by molar-refractivity contribution is 7.13. The van der Waals surface area contributed by atoms with E-state index in [1.54, 1.807) is 11.3 Å². The summed E-state index contributed by atoms with van der Waals surface area (Å²) in [6.45, 7) is 2.95. The second-order valence-corrected chi connectivity index (χ2v) is 5.18. The van der Waals surface area contributed by atoms with Crippen molar-refractivity contribution in [2.45, 2.75) is 13.0 Å². The van der Waals surface area contributed by atoms with Gasteiger partial charge in [-0.25, -0.2) is 4.98 Å². The van der Waals surface area contributed by atoms with Gasteiger partial charge in [-0.3, -0.25) is 0 Å². The van der Waals surface area contributed by atoms with Crippen LogP contribution in [0.2, 0.25) is 0 Å². The molecule has 17 heavy (non-hydrogen) atoms. The Bertz CT molecular complexity index is 498. The third kappa shape index (κ3) is 2.00. The predicted molar refractivity (Wildman–Crippen MR) is 69.6 cm³/mol. The van der Waals surface area contributed by atoms with E-state index >= 15 is 0 Å². The molecule has 1 aliphatic rings. The predicted octanol–water partition coefficient (Wildman–Crippen LogP) is 3.32. The summed E-state index contributed by atoms with van der Waals surface area (Å²) >= 11 is 1.63. The molecule has 1 aromatic heterocycles. The number of fused-ring (bicyclic) bond motifs is 1. The summed E-state index contributed by atoms with van der Waals surface area (Å²) in [6.07, 6.45) is 1.82. The average molecular weight is 246 g/mol. The van der Waals surface area contributed by atoms with E-state index in [1.807, 2.05) is 23.7 Å². The number of anilines is 1. The summed E-state index contributed by atoms with van der Waals surface area (Å²) in [5.74, 6) is 1.42. The Morgan fingerprint density at radius 2 is 2.29 bits per heavy atom. The monoisotopic (exact) mass is 246 g/mol. The topological polar surface area (TPSA) is 34.1 Å². The first kappa shape index (κ1) is 10.6. The van der Waals surface area contributed by atoms with Crippen LogP contribution in [0.25, 0.3) is 0 Å². The van der Waals surface area contributed by atoms with Crippen LogP contribution in [0.15, 0.2) is 35.8 Å². The number of thiazole rings is 1. The summed E-state index contributed by atoms with van der Waals surface area (Å²) in [5.41, 5.74) is 1.22. The van der Waals surface area contributed by atoms with Gasteiger partial charge in [0.25, 0.3) is 0 Å². The summed E-state index contributed by atoms with van der Waals surface area (Å²) in [7, 11) is 0. The molecule has 2 atom stereocenters. The molecule has 0 spiro atoms. The van der Waals surface area contributed by atoms with Gasteiger partial charge in [0.05, 0.1) is 12.6 Å². The molecule has 0 saturated carbocycles. The zero-order valence-corrected chi connectivity index (χ0v) is 10.4. The normalized spacial score (nSPS) is 22.6. The van der Waals surface area contributed by atoms with E-state index < -0.39 is 0 Å². The van der Waals surface area contributed by atoms with Gasteiger partial charge in [-0.15, -0.1) is 11.3 Å². The van der Waals surface area contributed by atoms with Crippen molar-refractivity contribution in [2.75, 3.05) is 11.9 Å². The standard InChI is InChI=1S/C13H14N2OS/c1-9-8-16-11-5-3-2-4-10(11)12(9)15-13-14-6-7-17-13/h2-7,9,12H,8H2,1H3,(H,14,15). The maximum absolute atomic E-state index is 5.73. The molecule has 1 aliphatic heterocycles. The first-order valence-electron chi connectivity index (χ1n) is 5.72. The Balaban J connectivity index is 1.92. The van der Waals surface area contributed by atoms with E-state index in [0.29, 0.717) is 5.92 Å². The summed E-state index contributed by atoms with van der Waals surface area (Å²) in [6, 6.07) is 8.49. The molecule has 2 unspecified atom stereocenters. The van der Waals surface area contributed by atoms with E-state index in [2.05, 4.69) is 29.4 Å². The Kier molecular flexibility index (Phi) is 2.73. The van der Waals surface area contributed by atoms with Crippen molar-refractivity contribution in [1.29, 1.82) is 0 Å². The first-order chi connectivity index (χ1) is 8.34. The summed E-state index contributed by atoms with van der Waals surface area (Å²) in [5, 5.41) is 6.45. The molecule has 0 amide bonds. The van der Waals surface area contributed by atoms with Crippen molar-refractivity contribution in [3.63, 3.8) is 0 Å². The van der Waals surface area contributed by atoms with Gasteiger partial charge in [-0.1, -0.05) is 25.1 Å². The summed E-state index contributed by atoms with van der Waals surface area (Å²) in [4.78, 5) is 4.28. The van der Waals surface area contributed by atoms with E-state index in [4.69, 9.17) is 4.74 Å². The SMILES string of the molecule is CC1COc2ccccc2C1Nc1nccs1. The average Bonchev–Trinajstić information content (AvgIpc) is 2.86. The van der Waals surface area contributed by atoms with Gasteiger partial charge < -0.3 is 10.1 Å². The molecule has 3 rings (SSSR count). The van der Waals surface area contributed by atoms with Crippen LogP contribution in [0.5, 0.6) is 5.75 Å². The lowest BCUT2D eigenvalue weighted by molar-refractivity contribution is 0.214. The zero-order chi connectivity index (χ0) is 11.7. The number of nitrogens with zero attached hydrogens (tertiary/aromatic N) is 1. The molecule has 1 aromatic carbocycles. The highest BCUT2D eigenvalue weighted by atomic mass is 32.1. The van der Waals surface area contributed by atoms with E-state index in [0.717, 1.165) is 17.5 Å². The maximum Gasteiger partial charge on any atom is 0.183 e. The molecular formula is C13H14N2OS. The van der Waals surface area contributed by atoms with Crippen molar-refractivity contribution in [2.24, 2.45) is 5.92 Å². The second kappa shape index (κ2) is 4.37. The molecule has 3 nitrogen and oxygen atoms in total. The molecule has 0 aliphatic carbocycles. The minimum absolute atomic E-state index is 0.283. The molecule has 2 heterocycles. The Labute approximate surface area is 104 Å². The lowest BCUT2D eigenvalue weighted by atomic mass is 9.92. The van der Waals surface area contributed by atoms with E-state index in [-0.39, 0.29) is 6.04 Å². The van der Waals surface area contributed by atoms with Crippen molar-refractivity contribution in [3.8, 4) is 5.75 Å². The maximum atomic E-state index is 5.73. The fraction of sp³-hybridized carbons (Fsp3) is 0.308. The molecule has 0 radical (unpaired) electrons. The van der Waals surface area contributed by atoms with Crippen LogP contribution in [-0.4, -0.2) is 11.6 Å². The number of ether oxygens (including phenoxy) is 1. The van der Waals surface area contributed by atoms with Crippen LogP contribution >= 0.6 is 11.3 Å². The molecule has 4 heteroatoms. The number of rotatable bonds is 2. The van der Waals surface area contributed by atoms with Gasteiger partial charge >= 0.3 is 0 Å². The molecule has 0 saturated heterocycles. The molecule has 2 aromatic rings. The smallest absolute Gasteiger partial charge is 0.183 e. The van der Waals surface area contributed by atoms with Crippen molar-refractivity contribution >= 4 is 16.5 Å². The first-order valence-corrected chi connectivity index (χ1v) is 6.60. The van der Waals surface area contributed by atoms with Crippen LogP contribution in [0.4, 0.5) is 5.13 Å². The number of aromatic nitrogens is 1. The van der Waals surface area contributed by atoms with Crippen molar-refractivity contribution < 1.29 is 4.74 Å². The Morgan fingerprint density at radius 1 is 1.41 bits per heavy atom. The largest absolute Gasteiger partial charge is 0.493 e. The quantitative estimate of drug-likeness (QED) is 0.882. The Morgan fingerprint density at radius 3 is 3.12 bits per heavy atom. The van der Waals surface area contributed by atoms with Crippen molar-refractivity contribution in [1.82, 2.24) is 4.98 Å². The second-order valence-electron chi connectivity index (χ2n) is 4.29. The van der Waals surface area contributed by atoms with Crippen molar-refractivity contribution in [3.05, 3.63) is 41.4 Å². The van der Waals surface area contributed by atoms with Crippen LogP contribution < -0.4 is 10.1 Å².